The molecular formula is C23H22N2O3S2. The van der Waals surface area contributed by atoms with E-state index in [2.05, 4.69) is 10.6 Å². The van der Waals surface area contributed by atoms with E-state index in [9.17, 15) is 14.4 Å². The molecular weight excluding hydrogens is 416 g/mol. The average molecular weight is 439 g/mol. The molecule has 7 heteroatoms. The lowest BCUT2D eigenvalue weighted by Gasteiger charge is -2.12. The van der Waals surface area contributed by atoms with Crippen LogP contribution in [0.1, 0.15) is 61.4 Å². The molecule has 0 unspecified atom stereocenters. The fourth-order valence-corrected chi connectivity index (χ4v) is 5.55. The van der Waals surface area contributed by atoms with Gasteiger partial charge < -0.3 is 10.6 Å². The van der Waals surface area contributed by atoms with Crippen molar-refractivity contribution in [1.29, 1.82) is 0 Å². The smallest absolute Gasteiger partial charge is 0.256 e. The first-order chi connectivity index (χ1) is 14.5. The number of benzene rings is 1. The number of carbonyl (C=O) groups is 3. The van der Waals surface area contributed by atoms with Crippen molar-refractivity contribution in [1.82, 2.24) is 5.32 Å². The summed E-state index contributed by atoms with van der Waals surface area (Å²) in [5, 5.41) is 8.27. The van der Waals surface area contributed by atoms with E-state index in [0.717, 1.165) is 36.8 Å². The first-order valence-corrected chi connectivity index (χ1v) is 11.6. The molecule has 1 aromatic carbocycles. The molecule has 1 aliphatic carbocycles. The topological polar surface area (TPSA) is 75.3 Å². The second-order valence-electron chi connectivity index (χ2n) is 7.28. The molecule has 2 aromatic heterocycles. The van der Waals surface area contributed by atoms with Gasteiger partial charge in [0.15, 0.2) is 0 Å². The molecule has 3 aromatic rings. The number of fused-ring (bicyclic) bond motifs is 1. The first kappa shape index (κ1) is 20.5. The number of hydrogen-bond acceptors (Lipinski definition) is 5. The van der Waals surface area contributed by atoms with Crippen molar-refractivity contribution < 1.29 is 14.4 Å². The van der Waals surface area contributed by atoms with Crippen LogP contribution in [0.5, 0.6) is 0 Å². The summed E-state index contributed by atoms with van der Waals surface area (Å²) in [5.41, 5.74) is 3.20. The summed E-state index contributed by atoms with van der Waals surface area (Å²) in [6, 6.07) is 10.8. The van der Waals surface area contributed by atoms with Crippen molar-refractivity contribution in [3.63, 3.8) is 0 Å². The Labute approximate surface area is 183 Å². The first-order valence-electron chi connectivity index (χ1n) is 9.90. The maximum absolute atomic E-state index is 13.2. The van der Waals surface area contributed by atoms with Gasteiger partial charge in [-0.2, -0.15) is 0 Å². The highest BCUT2D eigenvalue weighted by atomic mass is 32.1. The monoisotopic (exact) mass is 438 g/mol. The molecule has 0 radical (unpaired) electrons. The van der Waals surface area contributed by atoms with Gasteiger partial charge >= 0.3 is 0 Å². The quantitative estimate of drug-likeness (QED) is 0.543. The van der Waals surface area contributed by atoms with E-state index in [-0.39, 0.29) is 17.6 Å². The molecule has 0 saturated carbocycles. The standard InChI is InChI=1S/C23H22N2O3S2/c1-14(26)24-13-15-8-10-16(11-9-15)22(28)25-23-20(21(27)19-7-4-12-29-19)17-5-2-3-6-18(17)30-23/h4,7-12H,2-3,5-6,13H2,1H3,(H,24,26)(H,25,28). The van der Waals surface area contributed by atoms with Gasteiger partial charge in [0.05, 0.1) is 10.4 Å². The Morgan fingerprint density at radius 3 is 2.50 bits per heavy atom. The fourth-order valence-electron chi connectivity index (χ4n) is 3.60. The number of hydrogen-bond donors (Lipinski definition) is 2. The molecule has 1 aliphatic rings. The van der Waals surface area contributed by atoms with Crippen LogP contribution in [0.4, 0.5) is 5.00 Å². The molecule has 0 fully saturated rings. The minimum absolute atomic E-state index is 0.00893. The van der Waals surface area contributed by atoms with Crippen molar-refractivity contribution in [2.45, 2.75) is 39.2 Å². The predicted molar refractivity (Wildman–Crippen MR) is 121 cm³/mol. The summed E-state index contributed by atoms with van der Waals surface area (Å²) < 4.78 is 0. The molecule has 0 saturated heterocycles. The highest BCUT2D eigenvalue weighted by molar-refractivity contribution is 7.17. The molecule has 154 valence electrons. The number of nitrogens with one attached hydrogen (secondary N) is 2. The van der Waals surface area contributed by atoms with E-state index in [1.807, 2.05) is 29.6 Å². The van der Waals surface area contributed by atoms with E-state index in [1.165, 1.54) is 34.5 Å². The molecule has 5 nitrogen and oxygen atoms in total. The van der Waals surface area contributed by atoms with Crippen LogP contribution in [0.15, 0.2) is 41.8 Å². The van der Waals surface area contributed by atoms with Crippen LogP contribution >= 0.6 is 22.7 Å². The van der Waals surface area contributed by atoms with Crippen molar-refractivity contribution >= 4 is 45.3 Å². The van der Waals surface area contributed by atoms with Gasteiger partial charge in [-0.25, -0.2) is 0 Å². The van der Waals surface area contributed by atoms with Gasteiger partial charge in [0, 0.05) is 23.9 Å². The number of thiophene rings is 2. The van der Waals surface area contributed by atoms with Crippen LogP contribution in [0, 0.1) is 0 Å². The van der Waals surface area contributed by atoms with Crippen molar-refractivity contribution in [3.8, 4) is 0 Å². The van der Waals surface area contributed by atoms with Crippen LogP contribution in [0.3, 0.4) is 0 Å². The molecule has 4 rings (SSSR count). The molecule has 2 amide bonds. The molecule has 0 bridgehead atoms. The SMILES string of the molecule is CC(=O)NCc1ccc(C(=O)Nc2sc3c(c2C(=O)c2cccs2)CCCC3)cc1. The summed E-state index contributed by atoms with van der Waals surface area (Å²) in [6.07, 6.45) is 4.02. The zero-order chi connectivity index (χ0) is 21.1. The average Bonchev–Trinajstić information content (AvgIpc) is 3.40. The van der Waals surface area contributed by atoms with Gasteiger partial charge in [-0.1, -0.05) is 18.2 Å². The lowest BCUT2D eigenvalue weighted by molar-refractivity contribution is -0.119. The van der Waals surface area contributed by atoms with Crippen molar-refractivity contribution in [2.24, 2.45) is 0 Å². The summed E-state index contributed by atoms with van der Waals surface area (Å²) in [4.78, 5) is 39.0. The number of amides is 2. The van der Waals surface area contributed by atoms with E-state index < -0.39 is 0 Å². The van der Waals surface area contributed by atoms with Gasteiger partial charge in [-0.15, -0.1) is 22.7 Å². The molecule has 0 atom stereocenters. The summed E-state index contributed by atoms with van der Waals surface area (Å²) in [7, 11) is 0. The van der Waals surface area contributed by atoms with Crippen molar-refractivity contribution in [2.75, 3.05) is 5.32 Å². The van der Waals surface area contributed by atoms with Gasteiger partial charge in [-0.05, 0) is 60.4 Å². The van der Waals surface area contributed by atoms with Crippen LogP contribution < -0.4 is 10.6 Å². The van der Waals surface area contributed by atoms with E-state index in [0.29, 0.717) is 27.5 Å². The summed E-state index contributed by atoms with van der Waals surface area (Å²) in [5.74, 6) is -0.341. The Hall–Kier alpha value is -2.77. The maximum Gasteiger partial charge on any atom is 0.256 e. The minimum Gasteiger partial charge on any atom is -0.352 e. The number of aryl methyl sites for hydroxylation is 1. The van der Waals surface area contributed by atoms with Gasteiger partial charge in [0.25, 0.3) is 5.91 Å². The Balaban J connectivity index is 1.58. The third kappa shape index (κ3) is 4.37. The zero-order valence-electron chi connectivity index (χ0n) is 16.6. The molecule has 2 N–H and O–H groups in total. The Morgan fingerprint density at radius 2 is 1.80 bits per heavy atom. The number of rotatable bonds is 6. The van der Waals surface area contributed by atoms with Crippen LogP contribution in [0.25, 0.3) is 0 Å². The second-order valence-corrected chi connectivity index (χ2v) is 9.34. The lowest BCUT2D eigenvalue weighted by Crippen LogP contribution is -2.19. The van der Waals surface area contributed by atoms with Crippen molar-refractivity contribution in [3.05, 3.63) is 73.8 Å². The van der Waals surface area contributed by atoms with Gasteiger partial charge in [-0.3, -0.25) is 14.4 Å². The van der Waals surface area contributed by atoms with Crippen LogP contribution in [0.2, 0.25) is 0 Å². The van der Waals surface area contributed by atoms with Crippen LogP contribution in [-0.4, -0.2) is 17.6 Å². The fraction of sp³-hybridized carbons (Fsp3) is 0.261. The van der Waals surface area contributed by atoms with Crippen LogP contribution in [-0.2, 0) is 24.2 Å². The molecule has 0 spiro atoms. The maximum atomic E-state index is 13.2. The Bertz CT molecular complexity index is 1080. The zero-order valence-corrected chi connectivity index (χ0v) is 18.3. The second kappa shape index (κ2) is 8.93. The van der Waals surface area contributed by atoms with E-state index in [4.69, 9.17) is 0 Å². The number of carbonyl (C=O) groups excluding carboxylic acids is 3. The summed E-state index contributed by atoms with van der Waals surface area (Å²) in [6.45, 7) is 1.89. The molecule has 2 heterocycles. The van der Waals surface area contributed by atoms with E-state index in [1.54, 1.807) is 12.1 Å². The number of ketones is 1. The third-order valence-electron chi connectivity index (χ3n) is 5.13. The molecule has 30 heavy (non-hydrogen) atoms. The highest BCUT2D eigenvalue weighted by Crippen LogP contribution is 2.40. The Kier molecular flexibility index (Phi) is 6.11. The third-order valence-corrected chi connectivity index (χ3v) is 7.20. The highest BCUT2D eigenvalue weighted by Gasteiger charge is 2.27. The largest absolute Gasteiger partial charge is 0.352 e. The summed E-state index contributed by atoms with van der Waals surface area (Å²) >= 11 is 2.95. The lowest BCUT2D eigenvalue weighted by atomic mass is 9.93. The molecule has 0 aliphatic heterocycles. The number of anilines is 1. The normalized spacial score (nSPS) is 12.8. The minimum atomic E-state index is -0.236. The Morgan fingerprint density at radius 1 is 1.03 bits per heavy atom. The predicted octanol–water partition coefficient (Wildman–Crippen LogP) is 4.81. The van der Waals surface area contributed by atoms with E-state index >= 15 is 0 Å². The van der Waals surface area contributed by atoms with Gasteiger partial charge in [0.1, 0.15) is 5.00 Å². The van der Waals surface area contributed by atoms with Gasteiger partial charge in [0.2, 0.25) is 11.7 Å².